The van der Waals surface area contributed by atoms with Crippen LogP contribution in [-0.4, -0.2) is 19.3 Å². The van der Waals surface area contributed by atoms with Crippen molar-refractivity contribution in [2.45, 2.75) is 44.9 Å². The third-order valence-corrected chi connectivity index (χ3v) is 3.45. The Morgan fingerprint density at radius 1 is 1.19 bits per heavy atom. The Labute approximate surface area is 98.0 Å². The van der Waals surface area contributed by atoms with Gasteiger partial charge in [0.05, 0.1) is 6.10 Å². The Bertz CT molecular complexity index is 314. The van der Waals surface area contributed by atoms with E-state index in [0.29, 0.717) is 12.1 Å². The van der Waals surface area contributed by atoms with Crippen LogP contribution in [0.3, 0.4) is 0 Å². The number of methoxy groups -OCH3 is 1. The van der Waals surface area contributed by atoms with Gasteiger partial charge in [-0.05, 0) is 30.4 Å². The first-order valence-electron chi connectivity index (χ1n) is 6.15. The maximum absolute atomic E-state index is 5.26. The number of ether oxygens (including phenoxy) is 1. The van der Waals surface area contributed by atoms with Crippen molar-refractivity contribution in [1.82, 2.24) is 5.32 Å². The smallest absolute Gasteiger partial charge is 0.0601 e. The molecule has 88 valence electrons. The number of aryl methyl sites for hydroxylation is 1. The van der Waals surface area contributed by atoms with E-state index in [4.69, 9.17) is 4.74 Å². The van der Waals surface area contributed by atoms with Crippen LogP contribution in [0, 0.1) is 0 Å². The van der Waals surface area contributed by atoms with Gasteiger partial charge in [-0.3, -0.25) is 0 Å². The van der Waals surface area contributed by atoms with Crippen molar-refractivity contribution in [2.75, 3.05) is 7.11 Å². The van der Waals surface area contributed by atoms with Crippen molar-refractivity contribution in [3.8, 4) is 0 Å². The van der Waals surface area contributed by atoms with Crippen LogP contribution in [0.1, 0.15) is 30.9 Å². The van der Waals surface area contributed by atoms with Crippen molar-refractivity contribution < 1.29 is 4.74 Å². The predicted molar refractivity (Wildman–Crippen MR) is 66.5 cm³/mol. The Morgan fingerprint density at radius 3 is 2.38 bits per heavy atom. The summed E-state index contributed by atoms with van der Waals surface area (Å²) in [6.45, 7) is 3.16. The molecule has 0 unspecified atom stereocenters. The monoisotopic (exact) mass is 219 g/mol. The minimum absolute atomic E-state index is 0.486. The van der Waals surface area contributed by atoms with Gasteiger partial charge in [0.2, 0.25) is 0 Å². The summed E-state index contributed by atoms with van der Waals surface area (Å²) in [6, 6.07) is 9.53. The Balaban J connectivity index is 1.73. The molecule has 16 heavy (non-hydrogen) atoms. The molecule has 2 nitrogen and oxygen atoms in total. The van der Waals surface area contributed by atoms with Crippen molar-refractivity contribution in [3.05, 3.63) is 35.4 Å². The highest BCUT2D eigenvalue weighted by molar-refractivity contribution is 5.22. The Kier molecular flexibility index (Phi) is 3.97. The lowest BCUT2D eigenvalue weighted by atomic mass is 9.89. The molecule has 2 rings (SSSR count). The third kappa shape index (κ3) is 2.83. The summed E-state index contributed by atoms with van der Waals surface area (Å²) in [5, 5.41) is 3.56. The summed E-state index contributed by atoms with van der Waals surface area (Å²) < 4.78 is 5.26. The molecule has 0 atom stereocenters. The van der Waals surface area contributed by atoms with E-state index in [9.17, 15) is 0 Å². The van der Waals surface area contributed by atoms with Crippen molar-refractivity contribution in [2.24, 2.45) is 0 Å². The van der Waals surface area contributed by atoms with Gasteiger partial charge < -0.3 is 10.1 Å². The molecule has 2 heteroatoms. The maximum Gasteiger partial charge on any atom is 0.0601 e. The standard InChI is InChI=1S/C14H21NO/c1-3-11-4-6-12(7-5-11)10-15-13-8-14(9-13)16-2/h4-7,13-15H,3,8-10H2,1-2H3. The molecule has 1 aromatic carbocycles. The first kappa shape index (κ1) is 11.6. The van der Waals surface area contributed by atoms with E-state index in [0.717, 1.165) is 25.8 Å². The molecule has 0 spiro atoms. The molecule has 0 aromatic heterocycles. The lowest BCUT2D eigenvalue weighted by molar-refractivity contribution is 0.0170. The molecule has 1 aliphatic rings. The number of hydrogen-bond donors (Lipinski definition) is 1. The van der Waals surface area contributed by atoms with Crippen LogP contribution in [-0.2, 0) is 17.7 Å². The fourth-order valence-corrected chi connectivity index (χ4v) is 2.08. The zero-order valence-corrected chi connectivity index (χ0v) is 10.2. The molecule has 0 aliphatic heterocycles. The molecular weight excluding hydrogens is 198 g/mol. The first-order valence-corrected chi connectivity index (χ1v) is 6.15. The van der Waals surface area contributed by atoms with Crippen molar-refractivity contribution >= 4 is 0 Å². The van der Waals surface area contributed by atoms with Crippen LogP contribution in [0.2, 0.25) is 0 Å². The largest absolute Gasteiger partial charge is 0.381 e. The van der Waals surface area contributed by atoms with Gasteiger partial charge in [-0.2, -0.15) is 0 Å². The van der Waals surface area contributed by atoms with Crippen molar-refractivity contribution in [3.63, 3.8) is 0 Å². The van der Waals surface area contributed by atoms with Gasteiger partial charge in [0.25, 0.3) is 0 Å². The fraction of sp³-hybridized carbons (Fsp3) is 0.571. The molecule has 0 heterocycles. The van der Waals surface area contributed by atoms with Gasteiger partial charge >= 0.3 is 0 Å². The maximum atomic E-state index is 5.26. The topological polar surface area (TPSA) is 21.3 Å². The summed E-state index contributed by atoms with van der Waals surface area (Å²) in [5.41, 5.74) is 2.78. The minimum atomic E-state index is 0.486. The molecule has 1 aromatic rings. The molecule has 1 fully saturated rings. The van der Waals surface area contributed by atoms with Gasteiger partial charge in [0.1, 0.15) is 0 Å². The van der Waals surface area contributed by atoms with E-state index in [1.165, 1.54) is 11.1 Å². The van der Waals surface area contributed by atoms with E-state index < -0.39 is 0 Å². The Morgan fingerprint density at radius 2 is 1.81 bits per heavy atom. The van der Waals surface area contributed by atoms with Crippen LogP contribution in [0.15, 0.2) is 24.3 Å². The lowest BCUT2D eigenvalue weighted by Gasteiger charge is -2.34. The minimum Gasteiger partial charge on any atom is -0.381 e. The fourth-order valence-electron chi connectivity index (χ4n) is 2.08. The highest BCUT2D eigenvalue weighted by Gasteiger charge is 2.28. The van der Waals surface area contributed by atoms with E-state index in [-0.39, 0.29) is 0 Å². The van der Waals surface area contributed by atoms with Gasteiger partial charge in [-0.15, -0.1) is 0 Å². The normalized spacial score (nSPS) is 24.1. The molecular formula is C14H21NO. The molecule has 1 saturated carbocycles. The van der Waals surface area contributed by atoms with Gasteiger partial charge in [-0.25, -0.2) is 0 Å². The van der Waals surface area contributed by atoms with Crippen LogP contribution < -0.4 is 5.32 Å². The summed E-state index contributed by atoms with van der Waals surface area (Å²) in [5.74, 6) is 0. The lowest BCUT2D eigenvalue weighted by Crippen LogP contribution is -2.44. The highest BCUT2D eigenvalue weighted by atomic mass is 16.5. The number of rotatable bonds is 5. The van der Waals surface area contributed by atoms with Crippen LogP contribution in [0.4, 0.5) is 0 Å². The number of hydrogen-bond acceptors (Lipinski definition) is 2. The summed E-state index contributed by atoms with van der Waals surface area (Å²) in [7, 11) is 1.80. The quantitative estimate of drug-likeness (QED) is 0.821. The van der Waals surface area contributed by atoms with E-state index >= 15 is 0 Å². The third-order valence-electron chi connectivity index (χ3n) is 3.45. The summed E-state index contributed by atoms with van der Waals surface area (Å²) in [4.78, 5) is 0. The number of benzene rings is 1. The van der Waals surface area contributed by atoms with Gasteiger partial charge in [-0.1, -0.05) is 31.2 Å². The molecule has 1 aliphatic carbocycles. The molecule has 0 amide bonds. The van der Waals surface area contributed by atoms with Gasteiger partial charge in [0, 0.05) is 19.7 Å². The van der Waals surface area contributed by atoms with E-state index in [1.807, 2.05) is 0 Å². The Hall–Kier alpha value is -0.860. The van der Waals surface area contributed by atoms with E-state index in [2.05, 4.69) is 36.5 Å². The molecule has 1 N–H and O–H groups in total. The zero-order chi connectivity index (χ0) is 11.4. The first-order chi connectivity index (χ1) is 7.81. The summed E-state index contributed by atoms with van der Waals surface area (Å²) in [6.07, 6.45) is 3.92. The molecule has 0 radical (unpaired) electrons. The van der Waals surface area contributed by atoms with Crippen molar-refractivity contribution in [1.29, 1.82) is 0 Å². The van der Waals surface area contributed by atoms with Crippen LogP contribution in [0.25, 0.3) is 0 Å². The second-order valence-corrected chi connectivity index (χ2v) is 4.58. The second-order valence-electron chi connectivity index (χ2n) is 4.58. The second kappa shape index (κ2) is 5.46. The predicted octanol–water partition coefficient (Wildman–Crippen LogP) is 2.52. The molecule has 0 bridgehead atoms. The zero-order valence-electron chi connectivity index (χ0n) is 10.2. The van der Waals surface area contributed by atoms with Gasteiger partial charge in [0.15, 0.2) is 0 Å². The van der Waals surface area contributed by atoms with E-state index in [1.54, 1.807) is 7.11 Å². The average Bonchev–Trinajstić information content (AvgIpc) is 2.28. The van der Waals surface area contributed by atoms with Crippen LogP contribution in [0.5, 0.6) is 0 Å². The van der Waals surface area contributed by atoms with Crippen LogP contribution >= 0.6 is 0 Å². The molecule has 0 saturated heterocycles. The summed E-state index contributed by atoms with van der Waals surface area (Å²) >= 11 is 0. The highest BCUT2D eigenvalue weighted by Crippen LogP contribution is 2.22. The number of nitrogens with one attached hydrogen (secondary N) is 1. The SMILES string of the molecule is CCc1ccc(CNC2CC(OC)C2)cc1. The average molecular weight is 219 g/mol.